The smallest absolute Gasteiger partial charge is 0.224 e. The largest absolute Gasteiger partial charge is 0.378 e. The van der Waals surface area contributed by atoms with Crippen molar-refractivity contribution in [2.45, 2.75) is 6.32 Å². The van der Waals surface area contributed by atoms with Crippen molar-refractivity contribution >= 4 is 46.8 Å². The number of morpholine rings is 1. The van der Waals surface area contributed by atoms with Crippen LogP contribution in [0.15, 0.2) is 6.07 Å². The van der Waals surface area contributed by atoms with Crippen LogP contribution in [-0.4, -0.2) is 44.1 Å². The van der Waals surface area contributed by atoms with E-state index in [9.17, 15) is 0 Å². The first-order valence-electron chi connectivity index (χ1n) is 5.76. The predicted molar refractivity (Wildman–Crippen MR) is 74.9 cm³/mol. The minimum absolute atomic E-state index is 0.283. The van der Waals surface area contributed by atoms with E-state index in [4.69, 9.17) is 24.2 Å². The van der Waals surface area contributed by atoms with Crippen LogP contribution in [0.4, 0.5) is 5.82 Å². The normalized spacial score (nSPS) is 16.4. The summed E-state index contributed by atoms with van der Waals surface area (Å²) in [5.74, 6) is 0.901. The molecule has 4 nitrogen and oxygen atoms in total. The number of hydrogen-bond acceptors (Lipinski definition) is 5. The third-order valence-corrected chi connectivity index (χ3v) is 4.20. The van der Waals surface area contributed by atoms with Crippen LogP contribution in [0.2, 0.25) is 5.28 Å². The quantitative estimate of drug-likeness (QED) is 0.621. The lowest BCUT2D eigenvalue weighted by atomic mass is 10.0. The van der Waals surface area contributed by atoms with E-state index in [-0.39, 0.29) is 5.28 Å². The van der Waals surface area contributed by atoms with E-state index in [0.717, 1.165) is 47.2 Å². The maximum atomic E-state index is 5.99. The molecule has 2 radical (unpaired) electrons. The maximum Gasteiger partial charge on any atom is 0.224 e. The second-order valence-electron chi connectivity index (χ2n) is 4.05. The molecule has 7 heteroatoms. The van der Waals surface area contributed by atoms with Gasteiger partial charge in [0.25, 0.3) is 0 Å². The zero-order chi connectivity index (χ0) is 12.5. The maximum absolute atomic E-state index is 5.99. The number of fused-ring (bicyclic) bond motifs is 1. The predicted octanol–water partition coefficient (Wildman–Crippen LogP) is 1.85. The molecule has 1 saturated heterocycles. The molecule has 1 fully saturated rings. The van der Waals surface area contributed by atoms with E-state index in [0.29, 0.717) is 6.32 Å². The number of halogens is 1. The Morgan fingerprint density at radius 1 is 1.39 bits per heavy atom. The van der Waals surface area contributed by atoms with E-state index in [1.54, 1.807) is 11.3 Å². The van der Waals surface area contributed by atoms with Crippen LogP contribution >= 0.6 is 22.9 Å². The summed E-state index contributed by atoms with van der Waals surface area (Å²) >= 11 is 7.62. The van der Waals surface area contributed by atoms with Crippen LogP contribution < -0.4 is 4.90 Å². The van der Waals surface area contributed by atoms with Gasteiger partial charge in [0.2, 0.25) is 5.28 Å². The van der Waals surface area contributed by atoms with Crippen LogP contribution in [0.1, 0.15) is 4.88 Å². The van der Waals surface area contributed by atoms with E-state index >= 15 is 0 Å². The van der Waals surface area contributed by atoms with Crippen molar-refractivity contribution in [3.05, 3.63) is 16.2 Å². The second-order valence-corrected chi connectivity index (χ2v) is 5.52. The van der Waals surface area contributed by atoms with Crippen molar-refractivity contribution < 1.29 is 4.74 Å². The molecule has 1 aliphatic rings. The molecular weight excluding hydrogens is 268 g/mol. The summed E-state index contributed by atoms with van der Waals surface area (Å²) in [6, 6.07) is 1.98. The van der Waals surface area contributed by atoms with Gasteiger partial charge in [0.05, 0.1) is 31.3 Å². The topological polar surface area (TPSA) is 38.2 Å². The average Bonchev–Trinajstić information content (AvgIpc) is 2.81. The molecule has 3 rings (SSSR count). The molecular formula is C11H11BClN3OS. The fraction of sp³-hybridized carbons (Fsp3) is 0.455. The summed E-state index contributed by atoms with van der Waals surface area (Å²) < 4.78 is 6.41. The Hall–Kier alpha value is -0.845. The lowest BCUT2D eigenvalue weighted by molar-refractivity contribution is 0.122. The lowest BCUT2D eigenvalue weighted by Crippen LogP contribution is -2.36. The highest BCUT2D eigenvalue weighted by Crippen LogP contribution is 2.33. The van der Waals surface area contributed by atoms with Gasteiger partial charge >= 0.3 is 0 Å². The molecule has 0 bridgehead atoms. The molecule has 18 heavy (non-hydrogen) atoms. The van der Waals surface area contributed by atoms with Crippen LogP contribution in [0.25, 0.3) is 10.2 Å². The Morgan fingerprint density at radius 2 is 2.17 bits per heavy atom. The van der Waals surface area contributed by atoms with Gasteiger partial charge in [0.1, 0.15) is 0 Å². The number of thiophene rings is 1. The van der Waals surface area contributed by atoms with Gasteiger partial charge in [-0.25, -0.2) is 4.98 Å². The molecule has 0 atom stereocenters. The van der Waals surface area contributed by atoms with Gasteiger partial charge in [-0.2, -0.15) is 4.98 Å². The fourth-order valence-corrected chi connectivity index (χ4v) is 3.19. The fourth-order valence-electron chi connectivity index (χ4n) is 2.03. The molecule has 0 spiro atoms. The third kappa shape index (κ3) is 2.20. The molecule has 92 valence electrons. The molecule has 0 unspecified atom stereocenters. The zero-order valence-electron chi connectivity index (χ0n) is 9.73. The first kappa shape index (κ1) is 12.2. The summed E-state index contributed by atoms with van der Waals surface area (Å²) in [5, 5.41) is 0.283. The summed E-state index contributed by atoms with van der Waals surface area (Å²) in [6.07, 6.45) is 0.515. The van der Waals surface area contributed by atoms with Gasteiger partial charge in [-0.3, -0.25) is 0 Å². The molecule has 0 N–H and O–H groups in total. The summed E-state index contributed by atoms with van der Waals surface area (Å²) in [7, 11) is 5.68. The number of ether oxygens (including phenoxy) is 1. The second kappa shape index (κ2) is 5.03. The minimum atomic E-state index is 0.283. The monoisotopic (exact) mass is 279 g/mol. The zero-order valence-corrected chi connectivity index (χ0v) is 11.3. The molecule has 2 aromatic heterocycles. The Bertz CT molecular complexity index is 571. The van der Waals surface area contributed by atoms with Crippen molar-refractivity contribution in [2.24, 2.45) is 0 Å². The molecule has 3 heterocycles. The molecule has 0 aromatic carbocycles. The van der Waals surface area contributed by atoms with E-state index < -0.39 is 0 Å². The summed E-state index contributed by atoms with van der Waals surface area (Å²) in [5.41, 5.74) is 0.877. The number of hydrogen-bond donors (Lipinski definition) is 0. The lowest BCUT2D eigenvalue weighted by Gasteiger charge is -2.28. The minimum Gasteiger partial charge on any atom is -0.378 e. The van der Waals surface area contributed by atoms with Crippen molar-refractivity contribution in [1.82, 2.24) is 9.97 Å². The van der Waals surface area contributed by atoms with Crippen LogP contribution in [0.5, 0.6) is 0 Å². The molecule has 0 amide bonds. The number of aromatic nitrogens is 2. The first-order chi connectivity index (χ1) is 8.78. The number of rotatable bonds is 2. The van der Waals surface area contributed by atoms with Gasteiger partial charge in [0.15, 0.2) is 5.82 Å². The van der Waals surface area contributed by atoms with Crippen molar-refractivity contribution in [3.8, 4) is 0 Å². The van der Waals surface area contributed by atoms with Gasteiger partial charge in [-0.15, -0.1) is 11.3 Å². The average molecular weight is 280 g/mol. The van der Waals surface area contributed by atoms with E-state index in [1.807, 2.05) is 6.07 Å². The highest BCUT2D eigenvalue weighted by atomic mass is 35.5. The van der Waals surface area contributed by atoms with E-state index in [2.05, 4.69) is 14.9 Å². The first-order valence-corrected chi connectivity index (χ1v) is 6.96. The Morgan fingerprint density at radius 3 is 2.89 bits per heavy atom. The SMILES string of the molecule is [B]Cc1cc2nc(Cl)nc(N3CCOCC3)c2s1. The van der Waals surface area contributed by atoms with Crippen molar-refractivity contribution in [3.63, 3.8) is 0 Å². The van der Waals surface area contributed by atoms with Gasteiger partial charge in [-0.05, 0) is 22.5 Å². The van der Waals surface area contributed by atoms with Crippen molar-refractivity contribution in [1.29, 1.82) is 0 Å². The third-order valence-electron chi connectivity index (χ3n) is 2.89. The highest BCUT2D eigenvalue weighted by molar-refractivity contribution is 7.19. The van der Waals surface area contributed by atoms with Gasteiger partial charge < -0.3 is 9.64 Å². The summed E-state index contributed by atoms with van der Waals surface area (Å²) in [6.45, 7) is 3.10. The highest BCUT2D eigenvalue weighted by Gasteiger charge is 2.18. The Labute approximate surface area is 115 Å². The standard InChI is InChI=1S/C11H11BClN3OS/c12-6-7-5-8-9(18-7)10(15-11(13)14-8)16-1-3-17-4-2-16/h5H,1-4,6H2. The van der Waals surface area contributed by atoms with Crippen molar-refractivity contribution in [2.75, 3.05) is 31.2 Å². The molecule has 0 saturated carbocycles. The van der Waals surface area contributed by atoms with Crippen LogP contribution in [-0.2, 0) is 11.1 Å². The van der Waals surface area contributed by atoms with E-state index in [1.165, 1.54) is 0 Å². The molecule has 2 aromatic rings. The van der Waals surface area contributed by atoms with Gasteiger partial charge in [0, 0.05) is 13.1 Å². The number of nitrogens with zero attached hydrogens (tertiary/aromatic N) is 3. The summed E-state index contributed by atoms with van der Waals surface area (Å²) in [4.78, 5) is 11.9. The Kier molecular flexibility index (Phi) is 3.41. The van der Waals surface area contributed by atoms with Crippen LogP contribution in [0, 0.1) is 0 Å². The molecule has 0 aliphatic carbocycles. The van der Waals surface area contributed by atoms with Crippen LogP contribution in [0.3, 0.4) is 0 Å². The Balaban J connectivity index is 2.10. The van der Waals surface area contributed by atoms with Gasteiger partial charge in [-0.1, -0.05) is 6.32 Å². The number of anilines is 1. The molecule has 1 aliphatic heterocycles.